The highest BCUT2D eigenvalue weighted by atomic mass is 16.5. The van der Waals surface area contributed by atoms with E-state index in [-0.39, 0.29) is 5.72 Å². The molecule has 0 aromatic rings. The maximum atomic E-state index is 5.64. The number of rotatable bonds is 4. The first-order valence-corrected chi connectivity index (χ1v) is 4.66. The Morgan fingerprint density at radius 3 is 2.69 bits per heavy atom. The van der Waals surface area contributed by atoms with E-state index >= 15 is 0 Å². The molecule has 0 saturated heterocycles. The number of hydrogen-bond donors (Lipinski definition) is 2. The highest BCUT2D eigenvalue weighted by Gasteiger charge is 2.26. The molecule has 1 rings (SSSR count). The first kappa shape index (κ1) is 10.3. The summed E-state index contributed by atoms with van der Waals surface area (Å²) in [6.45, 7) is 2.72. The summed E-state index contributed by atoms with van der Waals surface area (Å²) in [7, 11) is 3.83. The second-order valence-electron chi connectivity index (χ2n) is 3.02. The Morgan fingerprint density at radius 2 is 2.31 bits per heavy atom. The van der Waals surface area contributed by atoms with Crippen LogP contribution >= 0.6 is 0 Å². The molecule has 0 spiro atoms. The number of nitrogens with one attached hydrogen (secondary N) is 2. The van der Waals surface area contributed by atoms with Crippen LogP contribution in [0.3, 0.4) is 0 Å². The molecule has 1 aliphatic rings. The molecule has 1 aliphatic carbocycles. The highest BCUT2D eigenvalue weighted by Crippen LogP contribution is 2.20. The number of likely N-dealkylation sites (N-methyl/N-ethyl adjacent to an activating group) is 2. The zero-order valence-corrected chi connectivity index (χ0v) is 8.55. The molecule has 2 N–H and O–H groups in total. The first-order chi connectivity index (χ1) is 6.26. The van der Waals surface area contributed by atoms with Gasteiger partial charge in [-0.2, -0.15) is 0 Å². The summed E-state index contributed by atoms with van der Waals surface area (Å²) < 4.78 is 5.64. The molecule has 0 amide bonds. The van der Waals surface area contributed by atoms with Gasteiger partial charge >= 0.3 is 0 Å². The summed E-state index contributed by atoms with van der Waals surface area (Å²) >= 11 is 0. The van der Waals surface area contributed by atoms with Crippen molar-refractivity contribution in [2.45, 2.75) is 19.1 Å². The minimum Gasteiger partial charge on any atom is -0.388 e. The molecule has 0 saturated carbocycles. The van der Waals surface area contributed by atoms with Crippen LogP contribution in [0.2, 0.25) is 0 Å². The Bertz CT molecular complexity index is 223. The molecule has 13 heavy (non-hydrogen) atoms. The number of ether oxygens (including phenoxy) is 1. The quantitative estimate of drug-likeness (QED) is 0.636. The van der Waals surface area contributed by atoms with Gasteiger partial charge in [-0.1, -0.05) is 6.08 Å². The summed E-state index contributed by atoms with van der Waals surface area (Å²) in [6.07, 6.45) is 7.09. The molecule has 0 bridgehead atoms. The third-order valence-corrected chi connectivity index (χ3v) is 2.27. The zero-order chi connectivity index (χ0) is 9.73. The minimum atomic E-state index is -0.297. The smallest absolute Gasteiger partial charge is 0.142 e. The minimum absolute atomic E-state index is 0.297. The fourth-order valence-corrected chi connectivity index (χ4v) is 1.43. The van der Waals surface area contributed by atoms with E-state index in [1.165, 1.54) is 0 Å². The SMILES string of the molecule is CCOC1(NC)C=CC(NC)=CC1. The summed E-state index contributed by atoms with van der Waals surface area (Å²) in [6, 6.07) is 0. The van der Waals surface area contributed by atoms with Crippen LogP contribution in [0.4, 0.5) is 0 Å². The molecule has 0 fully saturated rings. The van der Waals surface area contributed by atoms with Crippen molar-refractivity contribution in [3.63, 3.8) is 0 Å². The van der Waals surface area contributed by atoms with Crippen LogP contribution in [-0.2, 0) is 4.74 Å². The Kier molecular flexibility index (Phi) is 3.51. The van der Waals surface area contributed by atoms with Crippen LogP contribution in [0.5, 0.6) is 0 Å². The fraction of sp³-hybridized carbons (Fsp3) is 0.600. The van der Waals surface area contributed by atoms with E-state index in [2.05, 4.69) is 22.8 Å². The van der Waals surface area contributed by atoms with Gasteiger partial charge in [0.15, 0.2) is 0 Å². The van der Waals surface area contributed by atoms with E-state index in [1.807, 2.05) is 27.1 Å². The lowest BCUT2D eigenvalue weighted by Gasteiger charge is -2.31. The summed E-state index contributed by atoms with van der Waals surface area (Å²) in [5.41, 5.74) is 0.848. The normalized spacial score (nSPS) is 27.2. The molecule has 3 nitrogen and oxygen atoms in total. The number of hydrogen-bond acceptors (Lipinski definition) is 3. The third kappa shape index (κ3) is 2.32. The maximum Gasteiger partial charge on any atom is 0.142 e. The molecular weight excluding hydrogens is 164 g/mol. The second kappa shape index (κ2) is 4.44. The Hall–Kier alpha value is -0.800. The van der Waals surface area contributed by atoms with E-state index in [4.69, 9.17) is 4.74 Å². The van der Waals surface area contributed by atoms with E-state index in [9.17, 15) is 0 Å². The van der Waals surface area contributed by atoms with Crippen molar-refractivity contribution in [3.8, 4) is 0 Å². The Labute approximate surface area is 79.9 Å². The van der Waals surface area contributed by atoms with Crippen molar-refractivity contribution in [1.82, 2.24) is 10.6 Å². The van der Waals surface area contributed by atoms with Crippen molar-refractivity contribution in [2.75, 3.05) is 20.7 Å². The average Bonchev–Trinajstić information content (AvgIpc) is 2.19. The predicted octanol–water partition coefficient (Wildman–Crippen LogP) is 1.00. The topological polar surface area (TPSA) is 33.3 Å². The molecule has 3 heteroatoms. The van der Waals surface area contributed by atoms with Gasteiger partial charge in [0.05, 0.1) is 0 Å². The van der Waals surface area contributed by atoms with Crippen LogP contribution in [0.25, 0.3) is 0 Å². The Balaban J connectivity index is 2.65. The van der Waals surface area contributed by atoms with Gasteiger partial charge in [-0.15, -0.1) is 0 Å². The van der Waals surface area contributed by atoms with Crippen LogP contribution < -0.4 is 10.6 Å². The molecule has 0 aromatic carbocycles. The van der Waals surface area contributed by atoms with Gasteiger partial charge in [0.1, 0.15) is 5.72 Å². The van der Waals surface area contributed by atoms with Gasteiger partial charge in [-0.05, 0) is 26.1 Å². The van der Waals surface area contributed by atoms with Gasteiger partial charge < -0.3 is 10.1 Å². The van der Waals surface area contributed by atoms with Gasteiger partial charge in [0, 0.05) is 25.8 Å². The van der Waals surface area contributed by atoms with Crippen molar-refractivity contribution in [2.24, 2.45) is 0 Å². The predicted molar refractivity (Wildman–Crippen MR) is 54.3 cm³/mol. The monoisotopic (exact) mass is 182 g/mol. The molecule has 0 aromatic heterocycles. The van der Waals surface area contributed by atoms with E-state index in [1.54, 1.807) is 0 Å². The average molecular weight is 182 g/mol. The van der Waals surface area contributed by atoms with Crippen molar-refractivity contribution in [1.29, 1.82) is 0 Å². The summed E-state index contributed by atoms with van der Waals surface area (Å²) in [4.78, 5) is 0. The first-order valence-electron chi connectivity index (χ1n) is 4.66. The largest absolute Gasteiger partial charge is 0.388 e. The molecule has 0 radical (unpaired) electrons. The molecule has 74 valence electrons. The zero-order valence-electron chi connectivity index (χ0n) is 8.55. The lowest BCUT2D eigenvalue weighted by Crippen LogP contribution is -2.44. The fourth-order valence-electron chi connectivity index (χ4n) is 1.43. The van der Waals surface area contributed by atoms with Crippen molar-refractivity contribution in [3.05, 3.63) is 23.9 Å². The Morgan fingerprint density at radius 1 is 1.54 bits per heavy atom. The third-order valence-electron chi connectivity index (χ3n) is 2.27. The molecule has 1 unspecified atom stereocenters. The maximum absolute atomic E-state index is 5.64. The summed E-state index contributed by atoms with van der Waals surface area (Å²) in [5.74, 6) is 0. The lowest BCUT2D eigenvalue weighted by molar-refractivity contribution is -0.0203. The van der Waals surface area contributed by atoms with Crippen LogP contribution in [0.1, 0.15) is 13.3 Å². The molecule has 0 aliphatic heterocycles. The molecule has 0 heterocycles. The second-order valence-corrected chi connectivity index (χ2v) is 3.02. The van der Waals surface area contributed by atoms with E-state index < -0.39 is 0 Å². The molecular formula is C10H18N2O. The van der Waals surface area contributed by atoms with E-state index in [0.29, 0.717) is 6.61 Å². The molecule has 1 atom stereocenters. The van der Waals surface area contributed by atoms with Crippen molar-refractivity contribution >= 4 is 0 Å². The standard InChI is InChI=1S/C10H18N2O/c1-4-13-10(12-3)7-5-9(11-2)6-8-10/h5-7,11-12H,4,8H2,1-3H3. The van der Waals surface area contributed by atoms with Crippen LogP contribution in [-0.4, -0.2) is 26.4 Å². The van der Waals surface area contributed by atoms with Gasteiger partial charge in [-0.3, -0.25) is 5.32 Å². The van der Waals surface area contributed by atoms with Gasteiger partial charge in [0.2, 0.25) is 0 Å². The van der Waals surface area contributed by atoms with Crippen molar-refractivity contribution < 1.29 is 4.74 Å². The van der Waals surface area contributed by atoms with Crippen LogP contribution in [0, 0.1) is 0 Å². The van der Waals surface area contributed by atoms with Crippen LogP contribution in [0.15, 0.2) is 23.9 Å². The lowest BCUT2D eigenvalue weighted by atomic mass is 10.0. The van der Waals surface area contributed by atoms with Gasteiger partial charge in [-0.25, -0.2) is 0 Å². The van der Waals surface area contributed by atoms with E-state index in [0.717, 1.165) is 12.1 Å². The van der Waals surface area contributed by atoms with Gasteiger partial charge in [0.25, 0.3) is 0 Å². The highest BCUT2D eigenvalue weighted by molar-refractivity contribution is 5.25. The number of allylic oxidation sites excluding steroid dienone is 1. The summed E-state index contributed by atoms with van der Waals surface area (Å²) in [5, 5.41) is 6.28.